The molecular formula is C25H26N2O2S2. The van der Waals surface area contributed by atoms with Crippen molar-refractivity contribution in [2.45, 2.75) is 19.6 Å². The second kappa shape index (κ2) is 11.5. The highest BCUT2D eigenvalue weighted by Gasteiger charge is 2.15. The van der Waals surface area contributed by atoms with Crippen LogP contribution in [0.1, 0.15) is 31.9 Å². The lowest BCUT2D eigenvalue weighted by molar-refractivity contribution is -0.117. The number of carbonyl (C=O) groups excluding carboxylic acids is 2. The van der Waals surface area contributed by atoms with Crippen LogP contribution in [0.3, 0.4) is 0 Å². The maximum absolute atomic E-state index is 12.8. The summed E-state index contributed by atoms with van der Waals surface area (Å²) >= 11 is 3.28. The molecule has 3 aromatic rings. The molecule has 0 aliphatic carbocycles. The molecule has 0 saturated heterocycles. The molecule has 0 atom stereocenters. The largest absolute Gasteiger partial charge is 0.350 e. The second-order valence-electron chi connectivity index (χ2n) is 7.19. The lowest BCUT2D eigenvalue weighted by Crippen LogP contribution is -2.35. The van der Waals surface area contributed by atoms with Gasteiger partial charge in [-0.05, 0) is 49.1 Å². The number of hydrogen-bond donors (Lipinski definition) is 2. The topological polar surface area (TPSA) is 58.2 Å². The van der Waals surface area contributed by atoms with E-state index in [0.29, 0.717) is 12.1 Å². The number of hydrogen-bond acceptors (Lipinski definition) is 4. The Kier molecular flexibility index (Phi) is 8.50. The minimum Gasteiger partial charge on any atom is -0.350 e. The predicted octanol–water partition coefficient (Wildman–Crippen LogP) is 5.19. The third-order valence-corrected chi connectivity index (χ3v) is 6.34. The second-order valence-corrected chi connectivity index (χ2v) is 9.28. The molecule has 0 aliphatic heterocycles. The van der Waals surface area contributed by atoms with Crippen molar-refractivity contribution in [1.82, 2.24) is 10.6 Å². The lowest BCUT2D eigenvalue weighted by Gasteiger charge is -2.11. The molecule has 0 unspecified atom stereocenters. The zero-order valence-corrected chi connectivity index (χ0v) is 19.3. The summed E-state index contributed by atoms with van der Waals surface area (Å²) in [5.74, 6) is 1.11. The van der Waals surface area contributed by atoms with E-state index in [-0.39, 0.29) is 17.5 Å². The molecule has 0 bridgehead atoms. The normalized spacial score (nSPS) is 11.2. The van der Waals surface area contributed by atoms with Crippen LogP contribution in [0, 0.1) is 13.8 Å². The summed E-state index contributed by atoms with van der Waals surface area (Å²) in [6, 6.07) is 19.6. The van der Waals surface area contributed by atoms with Gasteiger partial charge in [0.05, 0.1) is 0 Å². The average molecular weight is 451 g/mol. The molecule has 2 N–H and O–H groups in total. The molecule has 0 fully saturated rings. The van der Waals surface area contributed by atoms with E-state index < -0.39 is 0 Å². The summed E-state index contributed by atoms with van der Waals surface area (Å²) in [5, 5.41) is 7.64. The molecule has 0 radical (unpaired) electrons. The van der Waals surface area contributed by atoms with Gasteiger partial charge in [-0.2, -0.15) is 11.8 Å². The van der Waals surface area contributed by atoms with Crippen LogP contribution in [0.2, 0.25) is 0 Å². The van der Waals surface area contributed by atoms with E-state index in [9.17, 15) is 9.59 Å². The molecule has 0 aliphatic rings. The number of thiophene rings is 1. The first-order valence-electron chi connectivity index (χ1n) is 10.1. The van der Waals surface area contributed by atoms with Crippen molar-refractivity contribution in [3.05, 3.63) is 98.9 Å². The maximum Gasteiger partial charge on any atom is 0.267 e. The molecule has 2 amide bonds. The Balaban J connectivity index is 1.57. The molecule has 0 spiro atoms. The molecule has 1 aromatic heterocycles. The Morgan fingerprint density at radius 1 is 1.00 bits per heavy atom. The van der Waals surface area contributed by atoms with Gasteiger partial charge in [0.2, 0.25) is 0 Å². The van der Waals surface area contributed by atoms with E-state index in [1.165, 1.54) is 22.5 Å². The summed E-state index contributed by atoms with van der Waals surface area (Å²) in [4.78, 5) is 26.4. The van der Waals surface area contributed by atoms with E-state index in [0.717, 1.165) is 21.9 Å². The van der Waals surface area contributed by atoms with Crippen molar-refractivity contribution in [3.8, 4) is 0 Å². The first kappa shape index (κ1) is 22.8. The first-order chi connectivity index (χ1) is 15.0. The molecule has 0 saturated carbocycles. The molecule has 4 nitrogen and oxygen atoms in total. The fourth-order valence-electron chi connectivity index (χ4n) is 2.98. The summed E-state index contributed by atoms with van der Waals surface area (Å²) in [6.45, 7) is 4.54. The standard InChI is InChI=1S/C25H26N2O2S2/c1-18-6-3-8-20(14-18)17-30-13-11-26-25(29)23(16-22-10-5-12-31-22)27-24(28)21-9-4-7-19(2)15-21/h3-10,12,14-16H,11,13,17H2,1-2H3,(H,26,29)(H,27,28)/b23-16-. The van der Waals surface area contributed by atoms with Crippen molar-refractivity contribution in [2.75, 3.05) is 12.3 Å². The van der Waals surface area contributed by atoms with Crippen LogP contribution in [0.4, 0.5) is 0 Å². The van der Waals surface area contributed by atoms with Crippen LogP contribution >= 0.6 is 23.1 Å². The fourth-order valence-corrected chi connectivity index (χ4v) is 4.44. The van der Waals surface area contributed by atoms with Gasteiger partial charge in [0.15, 0.2) is 0 Å². The maximum atomic E-state index is 12.8. The van der Waals surface area contributed by atoms with Crippen molar-refractivity contribution in [1.29, 1.82) is 0 Å². The number of thioether (sulfide) groups is 1. The van der Waals surface area contributed by atoms with Gasteiger partial charge >= 0.3 is 0 Å². The Morgan fingerprint density at radius 2 is 1.77 bits per heavy atom. The molecule has 31 heavy (non-hydrogen) atoms. The van der Waals surface area contributed by atoms with Gasteiger partial charge in [-0.15, -0.1) is 11.3 Å². The van der Waals surface area contributed by atoms with Crippen molar-refractivity contribution in [2.24, 2.45) is 0 Å². The highest BCUT2D eigenvalue weighted by atomic mass is 32.2. The number of amides is 2. The SMILES string of the molecule is Cc1cccc(CSCCNC(=O)/C(=C/c2cccs2)NC(=O)c2cccc(C)c2)c1. The van der Waals surface area contributed by atoms with Crippen molar-refractivity contribution >= 4 is 41.0 Å². The molecule has 160 valence electrons. The Hall–Kier alpha value is -2.83. The molecule has 2 aromatic carbocycles. The smallest absolute Gasteiger partial charge is 0.267 e. The zero-order chi connectivity index (χ0) is 22.1. The predicted molar refractivity (Wildman–Crippen MR) is 131 cm³/mol. The van der Waals surface area contributed by atoms with Gasteiger partial charge in [0, 0.05) is 28.5 Å². The van der Waals surface area contributed by atoms with Gasteiger partial charge in [0.1, 0.15) is 5.70 Å². The molecule has 6 heteroatoms. The number of carbonyl (C=O) groups is 2. The van der Waals surface area contributed by atoms with Crippen LogP contribution in [0.5, 0.6) is 0 Å². The summed E-state index contributed by atoms with van der Waals surface area (Å²) in [6.07, 6.45) is 1.72. The molecular weight excluding hydrogens is 424 g/mol. The summed E-state index contributed by atoms with van der Waals surface area (Å²) in [7, 11) is 0. The van der Waals surface area contributed by atoms with E-state index in [1.807, 2.05) is 36.6 Å². The van der Waals surface area contributed by atoms with E-state index in [4.69, 9.17) is 0 Å². The zero-order valence-electron chi connectivity index (χ0n) is 17.7. The molecule has 1 heterocycles. The van der Waals surface area contributed by atoms with E-state index >= 15 is 0 Å². The Bertz CT molecular complexity index is 1060. The van der Waals surface area contributed by atoms with Gasteiger partial charge in [0.25, 0.3) is 11.8 Å². The van der Waals surface area contributed by atoms with Crippen LogP contribution in [-0.4, -0.2) is 24.1 Å². The minimum atomic E-state index is -0.296. The number of aryl methyl sites for hydroxylation is 2. The average Bonchev–Trinajstić information content (AvgIpc) is 3.26. The fraction of sp³-hybridized carbons (Fsp3) is 0.200. The highest BCUT2D eigenvalue weighted by Crippen LogP contribution is 2.15. The van der Waals surface area contributed by atoms with Crippen molar-refractivity contribution < 1.29 is 9.59 Å². The van der Waals surface area contributed by atoms with Gasteiger partial charge in [-0.25, -0.2) is 0 Å². The van der Waals surface area contributed by atoms with E-state index in [2.05, 4.69) is 41.8 Å². The number of nitrogens with one attached hydrogen (secondary N) is 2. The molecule has 3 rings (SSSR count). The Morgan fingerprint density at radius 3 is 2.48 bits per heavy atom. The first-order valence-corrected chi connectivity index (χ1v) is 12.1. The number of benzene rings is 2. The van der Waals surface area contributed by atoms with Gasteiger partial charge < -0.3 is 10.6 Å². The Labute approximate surface area is 191 Å². The highest BCUT2D eigenvalue weighted by molar-refractivity contribution is 7.98. The van der Waals surface area contributed by atoms with Gasteiger partial charge in [-0.1, -0.05) is 53.6 Å². The monoisotopic (exact) mass is 450 g/mol. The minimum absolute atomic E-state index is 0.248. The van der Waals surface area contributed by atoms with Crippen LogP contribution in [0.25, 0.3) is 6.08 Å². The lowest BCUT2D eigenvalue weighted by atomic mass is 10.1. The van der Waals surface area contributed by atoms with Crippen molar-refractivity contribution in [3.63, 3.8) is 0 Å². The van der Waals surface area contributed by atoms with Crippen LogP contribution < -0.4 is 10.6 Å². The third kappa shape index (κ3) is 7.42. The third-order valence-electron chi connectivity index (χ3n) is 4.49. The quantitative estimate of drug-likeness (QED) is 0.349. The summed E-state index contributed by atoms with van der Waals surface area (Å²) in [5.41, 5.74) is 4.29. The number of rotatable bonds is 9. The van der Waals surface area contributed by atoms with Crippen LogP contribution in [-0.2, 0) is 10.5 Å². The summed E-state index contributed by atoms with van der Waals surface area (Å²) < 4.78 is 0. The van der Waals surface area contributed by atoms with Gasteiger partial charge in [-0.3, -0.25) is 9.59 Å². The van der Waals surface area contributed by atoms with Crippen LogP contribution in [0.15, 0.2) is 71.7 Å². The van der Waals surface area contributed by atoms with E-state index in [1.54, 1.807) is 30.0 Å².